The Morgan fingerprint density at radius 3 is 2.42 bits per heavy atom. The zero-order chi connectivity index (χ0) is 14.5. The lowest BCUT2D eigenvalue weighted by Crippen LogP contribution is -2.35. The summed E-state index contributed by atoms with van der Waals surface area (Å²) in [5.41, 5.74) is 7.26. The molecule has 0 heterocycles. The van der Waals surface area contributed by atoms with Crippen molar-refractivity contribution in [2.24, 2.45) is 5.73 Å². The Kier molecular flexibility index (Phi) is 5.66. The first-order valence-electron chi connectivity index (χ1n) is 6.48. The molecule has 0 radical (unpaired) electrons. The molecule has 0 saturated carbocycles. The van der Waals surface area contributed by atoms with Gasteiger partial charge in [-0.25, -0.2) is 0 Å². The Bertz CT molecular complexity index is 389. The lowest BCUT2D eigenvalue weighted by molar-refractivity contribution is -0.119. The Balaban J connectivity index is 3.00. The number of halogens is 3. The van der Waals surface area contributed by atoms with Crippen LogP contribution >= 0.6 is 0 Å². The Hall–Kier alpha value is -1.23. The minimum Gasteiger partial charge on any atom is -0.362 e. The van der Waals surface area contributed by atoms with Crippen LogP contribution in [0.2, 0.25) is 0 Å². The zero-order valence-electron chi connectivity index (χ0n) is 11.4. The van der Waals surface area contributed by atoms with E-state index in [4.69, 9.17) is 5.73 Å². The van der Waals surface area contributed by atoms with Crippen LogP contribution in [0.3, 0.4) is 0 Å². The van der Waals surface area contributed by atoms with Crippen molar-refractivity contribution in [3.05, 3.63) is 29.8 Å². The largest absolute Gasteiger partial charge is 0.405 e. The first-order chi connectivity index (χ1) is 8.83. The third-order valence-electron chi connectivity index (χ3n) is 2.74. The summed E-state index contributed by atoms with van der Waals surface area (Å²) >= 11 is 0. The van der Waals surface area contributed by atoms with Gasteiger partial charge in [0, 0.05) is 18.3 Å². The van der Waals surface area contributed by atoms with Crippen molar-refractivity contribution < 1.29 is 13.2 Å². The molecule has 0 aliphatic rings. The second-order valence-corrected chi connectivity index (χ2v) is 4.85. The lowest BCUT2D eigenvalue weighted by atomic mass is 10.0. The van der Waals surface area contributed by atoms with Gasteiger partial charge in [0.15, 0.2) is 0 Å². The van der Waals surface area contributed by atoms with Crippen molar-refractivity contribution in [2.75, 3.05) is 18.0 Å². The fourth-order valence-corrected chi connectivity index (χ4v) is 2.11. The minimum atomic E-state index is -4.20. The smallest absolute Gasteiger partial charge is 0.362 e. The van der Waals surface area contributed by atoms with E-state index < -0.39 is 12.7 Å². The van der Waals surface area contributed by atoms with Gasteiger partial charge in [0.2, 0.25) is 0 Å². The number of rotatable bonds is 6. The highest BCUT2D eigenvalue weighted by Crippen LogP contribution is 2.26. The average Bonchev–Trinajstić information content (AvgIpc) is 2.26. The molecule has 0 fully saturated rings. The maximum absolute atomic E-state index is 12.6. The lowest BCUT2D eigenvalue weighted by Gasteiger charge is -2.28. The van der Waals surface area contributed by atoms with Gasteiger partial charge in [-0.2, -0.15) is 13.2 Å². The molecule has 1 aromatic carbocycles. The first kappa shape index (κ1) is 15.8. The second kappa shape index (κ2) is 6.80. The summed E-state index contributed by atoms with van der Waals surface area (Å²) in [6.07, 6.45) is -2.95. The summed E-state index contributed by atoms with van der Waals surface area (Å²) < 4.78 is 37.9. The van der Waals surface area contributed by atoms with Gasteiger partial charge >= 0.3 is 6.18 Å². The molecule has 0 aliphatic heterocycles. The summed E-state index contributed by atoms with van der Waals surface area (Å²) in [5, 5.41) is 0. The number of para-hydroxylation sites is 1. The maximum atomic E-state index is 12.6. The van der Waals surface area contributed by atoms with E-state index in [-0.39, 0.29) is 6.04 Å². The van der Waals surface area contributed by atoms with E-state index in [0.717, 1.165) is 5.56 Å². The van der Waals surface area contributed by atoms with Gasteiger partial charge in [-0.05, 0) is 31.4 Å². The molecule has 1 rings (SSSR count). The first-order valence-corrected chi connectivity index (χ1v) is 6.48. The van der Waals surface area contributed by atoms with E-state index in [2.05, 4.69) is 0 Å². The number of alkyl halides is 3. The van der Waals surface area contributed by atoms with E-state index in [0.29, 0.717) is 25.1 Å². The molecule has 1 aromatic rings. The third kappa shape index (κ3) is 5.51. The highest BCUT2D eigenvalue weighted by molar-refractivity contribution is 5.54. The fraction of sp³-hybridized carbons (Fsp3) is 0.571. The van der Waals surface area contributed by atoms with Crippen LogP contribution in [0.1, 0.15) is 25.8 Å². The summed E-state index contributed by atoms with van der Waals surface area (Å²) in [6.45, 7) is 3.19. The standard InChI is InChI=1S/C14H21F3N2/c1-3-8-19(10-14(15,16)17)13-7-5-4-6-12(13)9-11(2)18/h4-7,11H,3,8-10,18H2,1-2H3. The van der Waals surface area contributed by atoms with Crippen LogP contribution in [0.5, 0.6) is 0 Å². The molecule has 2 N–H and O–H groups in total. The van der Waals surface area contributed by atoms with Gasteiger partial charge in [0.05, 0.1) is 0 Å². The summed E-state index contributed by atoms with van der Waals surface area (Å²) in [6, 6.07) is 7.10. The topological polar surface area (TPSA) is 29.3 Å². The number of hydrogen-bond donors (Lipinski definition) is 1. The number of nitrogens with two attached hydrogens (primary N) is 1. The van der Waals surface area contributed by atoms with Crippen LogP contribution < -0.4 is 10.6 Å². The molecule has 19 heavy (non-hydrogen) atoms. The van der Waals surface area contributed by atoms with Gasteiger partial charge in [-0.3, -0.25) is 0 Å². The van der Waals surface area contributed by atoms with Crippen molar-refractivity contribution in [1.82, 2.24) is 0 Å². The molecule has 1 unspecified atom stereocenters. The van der Waals surface area contributed by atoms with E-state index >= 15 is 0 Å². The van der Waals surface area contributed by atoms with Crippen LogP contribution in [0, 0.1) is 0 Å². The average molecular weight is 274 g/mol. The summed E-state index contributed by atoms with van der Waals surface area (Å²) in [5.74, 6) is 0. The van der Waals surface area contributed by atoms with Gasteiger partial charge in [-0.15, -0.1) is 0 Å². The molecule has 0 aliphatic carbocycles. The van der Waals surface area contributed by atoms with Crippen molar-refractivity contribution in [2.45, 2.75) is 38.9 Å². The second-order valence-electron chi connectivity index (χ2n) is 4.85. The van der Waals surface area contributed by atoms with E-state index in [1.54, 1.807) is 12.1 Å². The molecule has 0 aromatic heterocycles. The van der Waals surface area contributed by atoms with Gasteiger partial charge < -0.3 is 10.6 Å². The molecular weight excluding hydrogens is 253 g/mol. The predicted molar refractivity (Wildman–Crippen MR) is 72.4 cm³/mol. The zero-order valence-corrected chi connectivity index (χ0v) is 11.4. The number of anilines is 1. The van der Waals surface area contributed by atoms with E-state index in [1.807, 2.05) is 26.0 Å². The third-order valence-corrected chi connectivity index (χ3v) is 2.74. The number of nitrogens with zero attached hydrogens (tertiary/aromatic N) is 1. The van der Waals surface area contributed by atoms with Crippen LogP contribution in [-0.4, -0.2) is 25.3 Å². The molecule has 0 amide bonds. The van der Waals surface area contributed by atoms with Crippen molar-refractivity contribution in [1.29, 1.82) is 0 Å². The molecule has 108 valence electrons. The number of hydrogen-bond acceptors (Lipinski definition) is 2. The van der Waals surface area contributed by atoms with E-state index in [1.165, 1.54) is 4.90 Å². The molecule has 0 spiro atoms. The minimum absolute atomic E-state index is 0.0736. The van der Waals surface area contributed by atoms with E-state index in [9.17, 15) is 13.2 Å². The van der Waals surface area contributed by atoms with Crippen LogP contribution in [0.4, 0.5) is 18.9 Å². The molecular formula is C14H21F3N2. The SMILES string of the molecule is CCCN(CC(F)(F)F)c1ccccc1CC(C)N. The molecule has 0 bridgehead atoms. The Labute approximate surface area is 112 Å². The molecule has 0 saturated heterocycles. The quantitative estimate of drug-likeness (QED) is 0.862. The van der Waals surface area contributed by atoms with Crippen molar-refractivity contribution >= 4 is 5.69 Å². The summed E-state index contributed by atoms with van der Waals surface area (Å²) in [4.78, 5) is 1.39. The van der Waals surface area contributed by atoms with Crippen LogP contribution in [0.25, 0.3) is 0 Å². The monoisotopic (exact) mass is 274 g/mol. The highest BCUT2D eigenvalue weighted by atomic mass is 19.4. The Morgan fingerprint density at radius 1 is 1.26 bits per heavy atom. The predicted octanol–water partition coefficient (Wildman–Crippen LogP) is 3.36. The molecule has 5 heteroatoms. The Morgan fingerprint density at radius 2 is 1.89 bits per heavy atom. The molecule has 2 nitrogen and oxygen atoms in total. The van der Waals surface area contributed by atoms with Crippen molar-refractivity contribution in [3.8, 4) is 0 Å². The number of benzene rings is 1. The summed E-state index contributed by atoms with van der Waals surface area (Å²) in [7, 11) is 0. The van der Waals surface area contributed by atoms with Crippen molar-refractivity contribution in [3.63, 3.8) is 0 Å². The fourth-order valence-electron chi connectivity index (χ4n) is 2.11. The molecule has 1 atom stereocenters. The maximum Gasteiger partial charge on any atom is 0.405 e. The highest BCUT2D eigenvalue weighted by Gasteiger charge is 2.31. The van der Waals surface area contributed by atoms with Gasteiger partial charge in [0.1, 0.15) is 6.54 Å². The van der Waals surface area contributed by atoms with Gasteiger partial charge in [-0.1, -0.05) is 25.1 Å². The van der Waals surface area contributed by atoms with Crippen LogP contribution in [-0.2, 0) is 6.42 Å². The van der Waals surface area contributed by atoms with Crippen LogP contribution in [0.15, 0.2) is 24.3 Å². The normalized spacial score (nSPS) is 13.4. The van der Waals surface area contributed by atoms with Gasteiger partial charge in [0.25, 0.3) is 0 Å².